The topological polar surface area (TPSA) is 99.9 Å². The normalized spacial score (nSPS) is 11.3. The second kappa shape index (κ2) is 9.44. The van der Waals surface area contributed by atoms with Crippen molar-refractivity contribution >= 4 is 33.6 Å². The third kappa shape index (κ3) is 5.29. The van der Waals surface area contributed by atoms with Crippen LogP contribution in [0, 0.1) is 0 Å². The number of nitrogen functional groups attached to an aromatic ring is 1. The number of anilines is 2. The fourth-order valence-electron chi connectivity index (χ4n) is 2.95. The van der Waals surface area contributed by atoms with E-state index in [-0.39, 0.29) is 4.90 Å². The number of hydrogen-bond acceptors (Lipinski definition) is 6. The number of benzene rings is 3. The Labute approximate surface area is 182 Å². The minimum Gasteiger partial charge on any atom is -0.493 e. The number of rotatable bonds is 8. The van der Waals surface area contributed by atoms with Crippen molar-refractivity contribution in [1.29, 1.82) is 0 Å². The molecular weight excluding hydrogens is 416 g/mol. The maximum Gasteiger partial charge on any atom is 0.261 e. The van der Waals surface area contributed by atoms with Crippen molar-refractivity contribution in [3.05, 3.63) is 71.8 Å². The molecule has 0 heterocycles. The van der Waals surface area contributed by atoms with Crippen LogP contribution in [0.15, 0.2) is 65.6 Å². The van der Waals surface area contributed by atoms with Crippen LogP contribution < -0.4 is 24.7 Å². The Morgan fingerprint density at radius 3 is 1.97 bits per heavy atom. The van der Waals surface area contributed by atoms with Crippen LogP contribution in [0.2, 0.25) is 0 Å². The molecule has 0 aliphatic heterocycles. The molecule has 0 atom stereocenters. The molecule has 0 unspecified atom stereocenters. The zero-order chi connectivity index (χ0) is 22.4. The Morgan fingerprint density at radius 2 is 1.42 bits per heavy atom. The molecule has 7 nitrogen and oxygen atoms in total. The number of hydrogen-bond donors (Lipinski definition) is 2. The van der Waals surface area contributed by atoms with Crippen LogP contribution in [0.25, 0.3) is 12.2 Å². The average molecular weight is 441 g/mol. The Kier molecular flexibility index (Phi) is 6.71. The third-order valence-corrected chi connectivity index (χ3v) is 5.87. The highest BCUT2D eigenvalue weighted by Crippen LogP contribution is 2.38. The molecular formula is C23H24N2O5S. The van der Waals surface area contributed by atoms with Crippen LogP contribution in [0.5, 0.6) is 17.2 Å². The van der Waals surface area contributed by atoms with Crippen molar-refractivity contribution in [2.24, 2.45) is 0 Å². The summed E-state index contributed by atoms with van der Waals surface area (Å²) >= 11 is 0. The molecule has 3 aromatic rings. The van der Waals surface area contributed by atoms with Gasteiger partial charge in [0.05, 0.1) is 26.2 Å². The average Bonchev–Trinajstić information content (AvgIpc) is 2.77. The lowest BCUT2D eigenvalue weighted by molar-refractivity contribution is 0.324. The molecule has 0 bridgehead atoms. The SMILES string of the molecule is COc1cc(/C=C\c2ccc(NS(=O)(=O)c3cccc(N)c3)cc2)cc(OC)c1OC. The van der Waals surface area contributed by atoms with Crippen molar-refractivity contribution in [3.8, 4) is 17.2 Å². The highest BCUT2D eigenvalue weighted by molar-refractivity contribution is 7.92. The van der Waals surface area contributed by atoms with E-state index < -0.39 is 10.0 Å². The second-order valence-electron chi connectivity index (χ2n) is 6.59. The number of methoxy groups -OCH3 is 3. The van der Waals surface area contributed by atoms with E-state index in [1.807, 2.05) is 36.4 Å². The molecule has 3 rings (SSSR count). The third-order valence-electron chi connectivity index (χ3n) is 4.49. The predicted molar refractivity (Wildman–Crippen MR) is 123 cm³/mol. The Balaban J connectivity index is 1.77. The predicted octanol–water partition coefficient (Wildman–Crippen LogP) is 4.27. The second-order valence-corrected chi connectivity index (χ2v) is 8.27. The van der Waals surface area contributed by atoms with E-state index in [0.29, 0.717) is 28.6 Å². The molecule has 0 aromatic heterocycles. The van der Waals surface area contributed by atoms with Gasteiger partial charge in [-0.25, -0.2) is 8.42 Å². The minimum absolute atomic E-state index is 0.110. The monoisotopic (exact) mass is 440 g/mol. The summed E-state index contributed by atoms with van der Waals surface area (Å²) in [6, 6.07) is 16.8. The van der Waals surface area contributed by atoms with E-state index in [1.165, 1.54) is 12.1 Å². The Bertz CT molecular complexity index is 1160. The largest absolute Gasteiger partial charge is 0.493 e. The summed E-state index contributed by atoms with van der Waals surface area (Å²) in [4.78, 5) is 0.110. The van der Waals surface area contributed by atoms with Crippen LogP contribution in [0.1, 0.15) is 11.1 Å². The van der Waals surface area contributed by atoms with Crippen LogP contribution in [-0.2, 0) is 10.0 Å². The highest BCUT2D eigenvalue weighted by Gasteiger charge is 2.14. The van der Waals surface area contributed by atoms with Gasteiger partial charge in [-0.2, -0.15) is 0 Å². The van der Waals surface area contributed by atoms with Gasteiger partial charge in [-0.1, -0.05) is 30.4 Å². The number of nitrogens with two attached hydrogens (primary N) is 1. The fourth-order valence-corrected chi connectivity index (χ4v) is 4.06. The summed E-state index contributed by atoms with van der Waals surface area (Å²) < 4.78 is 43.6. The molecule has 0 aliphatic rings. The van der Waals surface area contributed by atoms with Crippen LogP contribution >= 0.6 is 0 Å². The molecule has 0 saturated carbocycles. The zero-order valence-corrected chi connectivity index (χ0v) is 18.3. The van der Waals surface area contributed by atoms with E-state index in [4.69, 9.17) is 19.9 Å². The van der Waals surface area contributed by atoms with Crippen LogP contribution in [0.4, 0.5) is 11.4 Å². The molecule has 0 saturated heterocycles. The minimum atomic E-state index is -3.71. The van der Waals surface area contributed by atoms with Crippen molar-refractivity contribution < 1.29 is 22.6 Å². The highest BCUT2D eigenvalue weighted by atomic mass is 32.2. The van der Waals surface area contributed by atoms with Gasteiger partial charge in [0.1, 0.15) is 0 Å². The summed E-state index contributed by atoms with van der Waals surface area (Å²) in [5.41, 5.74) is 8.27. The molecule has 0 aliphatic carbocycles. The molecule has 0 spiro atoms. The molecule has 3 N–H and O–H groups in total. The van der Waals surface area contributed by atoms with Gasteiger partial charge in [0.15, 0.2) is 11.5 Å². The molecule has 3 aromatic carbocycles. The van der Waals surface area contributed by atoms with Crippen molar-refractivity contribution in [1.82, 2.24) is 0 Å². The van der Waals surface area contributed by atoms with Crippen LogP contribution in [-0.4, -0.2) is 29.7 Å². The first kappa shape index (κ1) is 22.0. The summed E-state index contributed by atoms with van der Waals surface area (Å²) in [6.45, 7) is 0. The van der Waals surface area contributed by atoms with Crippen molar-refractivity contribution in [3.63, 3.8) is 0 Å². The smallest absolute Gasteiger partial charge is 0.261 e. The first-order valence-corrected chi connectivity index (χ1v) is 10.8. The Morgan fingerprint density at radius 1 is 0.806 bits per heavy atom. The first-order valence-electron chi connectivity index (χ1n) is 9.33. The summed E-state index contributed by atoms with van der Waals surface area (Å²) in [7, 11) is 0.968. The van der Waals surface area contributed by atoms with Gasteiger partial charge < -0.3 is 19.9 Å². The lowest BCUT2D eigenvalue weighted by Gasteiger charge is -2.12. The van der Waals surface area contributed by atoms with Gasteiger partial charge in [0, 0.05) is 11.4 Å². The molecule has 162 valence electrons. The van der Waals surface area contributed by atoms with Gasteiger partial charge in [-0.15, -0.1) is 0 Å². The first-order chi connectivity index (χ1) is 14.9. The van der Waals surface area contributed by atoms with Gasteiger partial charge in [-0.05, 0) is 53.6 Å². The number of ether oxygens (including phenoxy) is 3. The standard InChI is InChI=1S/C23H24N2O5S/c1-28-21-13-17(14-22(29-2)23(21)30-3)8-7-16-9-11-19(12-10-16)25-31(26,27)20-6-4-5-18(24)15-20/h4-15,25H,24H2,1-3H3/b8-7-. The quantitative estimate of drug-likeness (QED) is 0.401. The van der Waals surface area contributed by atoms with Crippen molar-refractivity contribution in [2.45, 2.75) is 4.90 Å². The number of nitrogens with one attached hydrogen (secondary N) is 1. The van der Waals surface area contributed by atoms with E-state index in [9.17, 15) is 8.42 Å². The van der Waals surface area contributed by atoms with Crippen LogP contribution in [0.3, 0.4) is 0 Å². The van der Waals surface area contributed by atoms with Gasteiger partial charge in [0.25, 0.3) is 10.0 Å². The lowest BCUT2D eigenvalue weighted by atomic mass is 10.1. The molecule has 0 fully saturated rings. The van der Waals surface area contributed by atoms with E-state index in [0.717, 1.165) is 11.1 Å². The number of sulfonamides is 1. The molecule has 0 radical (unpaired) electrons. The van der Waals surface area contributed by atoms with E-state index in [1.54, 1.807) is 45.6 Å². The summed E-state index contributed by atoms with van der Waals surface area (Å²) in [6.07, 6.45) is 3.80. The van der Waals surface area contributed by atoms with Gasteiger partial charge >= 0.3 is 0 Å². The maximum absolute atomic E-state index is 12.5. The fraction of sp³-hybridized carbons (Fsp3) is 0.130. The molecule has 0 amide bonds. The van der Waals surface area contributed by atoms with E-state index in [2.05, 4.69) is 4.72 Å². The zero-order valence-electron chi connectivity index (χ0n) is 17.5. The van der Waals surface area contributed by atoms with Crippen molar-refractivity contribution in [2.75, 3.05) is 31.8 Å². The maximum atomic E-state index is 12.5. The van der Waals surface area contributed by atoms with Gasteiger partial charge in [0.2, 0.25) is 5.75 Å². The molecule has 8 heteroatoms. The Hall–Kier alpha value is -3.65. The lowest BCUT2D eigenvalue weighted by Crippen LogP contribution is -2.13. The molecule has 31 heavy (non-hydrogen) atoms. The summed E-state index contributed by atoms with van der Waals surface area (Å²) in [5.74, 6) is 1.65. The van der Waals surface area contributed by atoms with Gasteiger partial charge in [-0.3, -0.25) is 4.72 Å². The van der Waals surface area contributed by atoms with E-state index >= 15 is 0 Å². The summed E-state index contributed by atoms with van der Waals surface area (Å²) in [5, 5.41) is 0.